The summed E-state index contributed by atoms with van der Waals surface area (Å²) in [5.41, 5.74) is 5.62. The van der Waals surface area contributed by atoms with E-state index in [0.29, 0.717) is 25.0 Å². The van der Waals surface area contributed by atoms with Crippen LogP contribution in [0.4, 0.5) is 5.69 Å². The van der Waals surface area contributed by atoms with Crippen LogP contribution in [0.2, 0.25) is 0 Å². The Morgan fingerprint density at radius 3 is 2.38 bits per heavy atom. The van der Waals surface area contributed by atoms with E-state index in [1.54, 1.807) is 13.8 Å². The fourth-order valence-electron chi connectivity index (χ4n) is 2.22. The minimum Gasteiger partial charge on any atom is -0.491 e. The zero-order valence-corrected chi connectivity index (χ0v) is 18.7. The molecule has 7 heteroatoms. The van der Waals surface area contributed by atoms with E-state index in [2.05, 4.69) is 29.5 Å². The van der Waals surface area contributed by atoms with E-state index in [1.807, 2.05) is 38.1 Å². The molecule has 0 aliphatic rings. The second-order valence-corrected chi connectivity index (χ2v) is 8.48. The SMILES string of the molecule is CC(C)COCCCNC(=NCC(C)(C)C(N)=O)Nc1ccc(OC(C)C)cc1. The van der Waals surface area contributed by atoms with E-state index in [4.69, 9.17) is 15.2 Å². The van der Waals surface area contributed by atoms with Crippen molar-refractivity contribution >= 4 is 17.6 Å². The van der Waals surface area contributed by atoms with Crippen molar-refractivity contribution in [3.8, 4) is 5.75 Å². The Bertz CT molecular complexity index is 640. The van der Waals surface area contributed by atoms with E-state index in [9.17, 15) is 4.79 Å². The number of nitrogens with two attached hydrogens (primary N) is 1. The van der Waals surface area contributed by atoms with Gasteiger partial charge < -0.3 is 25.8 Å². The highest BCUT2D eigenvalue weighted by Crippen LogP contribution is 2.18. The van der Waals surface area contributed by atoms with Crippen molar-refractivity contribution in [1.29, 1.82) is 0 Å². The molecule has 0 atom stereocenters. The molecule has 0 aliphatic carbocycles. The van der Waals surface area contributed by atoms with Gasteiger partial charge in [-0.2, -0.15) is 0 Å². The average molecular weight is 407 g/mol. The Kier molecular flexibility index (Phi) is 10.5. The summed E-state index contributed by atoms with van der Waals surface area (Å²) in [7, 11) is 0. The zero-order chi connectivity index (χ0) is 21.9. The van der Waals surface area contributed by atoms with Gasteiger partial charge in [0.05, 0.1) is 18.1 Å². The molecule has 1 aromatic rings. The summed E-state index contributed by atoms with van der Waals surface area (Å²) in [5, 5.41) is 6.56. The summed E-state index contributed by atoms with van der Waals surface area (Å²) in [6, 6.07) is 7.68. The highest BCUT2D eigenvalue weighted by molar-refractivity contribution is 5.94. The molecule has 29 heavy (non-hydrogen) atoms. The number of nitrogens with zero attached hydrogens (tertiary/aromatic N) is 1. The lowest BCUT2D eigenvalue weighted by atomic mass is 9.93. The third kappa shape index (κ3) is 10.7. The van der Waals surface area contributed by atoms with Crippen LogP contribution in [0, 0.1) is 11.3 Å². The van der Waals surface area contributed by atoms with Crippen molar-refractivity contribution in [3.63, 3.8) is 0 Å². The lowest BCUT2D eigenvalue weighted by molar-refractivity contribution is -0.125. The number of guanidine groups is 1. The third-order valence-electron chi connectivity index (χ3n) is 4.00. The molecule has 0 unspecified atom stereocenters. The second-order valence-electron chi connectivity index (χ2n) is 8.48. The number of ether oxygens (including phenoxy) is 2. The summed E-state index contributed by atoms with van der Waals surface area (Å²) >= 11 is 0. The Balaban J connectivity index is 2.70. The molecule has 0 spiro atoms. The molecule has 1 amide bonds. The van der Waals surface area contributed by atoms with E-state index < -0.39 is 5.41 Å². The van der Waals surface area contributed by atoms with Crippen LogP contribution < -0.4 is 21.1 Å². The number of rotatable bonds is 12. The fourth-order valence-corrected chi connectivity index (χ4v) is 2.22. The van der Waals surface area contributed by atoms with Crippen LogP contribution >= 0.6 is 0 Å². The topological polar surface area (TPSA) is 98.0 Å². The van der Waals surface area contributed by atoms with Crippen molar-refractivity contribution in [3.05, 3.63) is 24.3 Å². The minimum absolute atomic E-state index is 0.126. The standard InChI is InChI=1S/C22H38N4O3/c1-16(2)14-28-13-7-12-24-21(25-15-22(5,6)20(23)27)26-18-8-10-19(11-9-18)29-17(3)4/h8-11,16-17H,7,12-15H2,1-6H3,(H2,23,27)(H2,24,25,26). The average Bonchev–Trinajstić information content (AvgIpc) is 2.63. The Hall–Kier alpha value is -2.28. The van der Waals surface area contributed by atoms with Crippen molar-refractivity contribution < 1.29 is 14.3 Å². The maximum absolute atomic E-state index is 11.6. The van der Waals surface area contributed by atoms with Gasteiger partial charge in [-0.25, -0.2) is 0 Å². The van der Waals surface area contributed by atoms with Crippen molar-refractivity contribution in [1.82, 2.24) is 5.32 Å². The molecule has 7 nitrogen and oxygen atoms in total. The molecule has 4 N–H and O–H groups in total. The summed E-state index contributed by atoms with van der Waals surface area (Å²) < 4.78 is 11.3. The van der Waals surface area contributed by atoms with E-state index >= 15 is 0 Å². The van der Waals surface area contributed by atoms with E-state index in [0.717, 1.165) is 24.5 Å². The first-order valence-corrected chi connectivity index (χ1v) is 10.3. The summed E-state index contributed by atoms with van der Waals surface area (Å²) in [4.78, 5) is 16.1. The van der Waals surface area contributed by atoms with Crippen LogP contribution in [0.3, 0.4) is 0 Å². The first kappa shape index (κ1) is 24.8. The molecule has 0 bridgehead atoms. The van der Waals surface area contributed by atoms with Crippen LogP contribution in [-0.2, 0) is 9.53 Å². The monoisotopic (exact) mass is 406 g/mol. The quantitative estimate of drug-likeness (QED) is 0.281. The molecule has 1 aromatic carbocycles. The van der Waals surface area contributed by atoms with Gasteiger partial charge in [-0.05, 0) is 64.3 Å². The van der Waals surface area contributed by atoms with Gasteiger partial charge in [0.15, 0.2) is 5.96 Å². The van der Waals surface area contributed by atoms with Gasteiger partial charge in [-0.1, -0.05) is 13.8 Å². The molecule has 0 fully saturated rings. The number of nitrogens with one attached hydrogen (secondary N) is 2. The number of carbonyl (C=O) groups is 1. The highest BCUT2D eigenvalue weighted by atomic mass is 16.5. The second kappa shape index (κ2) is 12.3. The number of primary amides is 1. The summed E-state index contributed by atoms with van der Waals surface area (Å²) in [5.74, 6) is 1.56. The Morgan fingerprint density at radius 2 is 1.83 bits per heavy atom. The number of anilines is 1. The molecule has 0 aromatic heterocycles. The number of benzene rings is 1. The Morgan fingerprint density at radius 1 is 1.17 bits per heavy atom. The lowest BCUT2D eigenvalue weighted by Gasteiger charge is -2.19. The minimum atomic E-state index is -0.718. The number of hydrogen-bond donors (Lipinski definition) is 3. The molecular weight excluding hydrogens is 368 g/mol. The number of amides is 1. The molecule has 0 saturated heterocycles. The highest BCUT2D eigenvalue weighted by Gasteiger charge is 2.24. The van der Waals surface area contributed by atoms with Crippen LogP contribution in [0.5, 0.6) is 5.75 Å². The van der Waals surface area contributed by atoms with Gasteiger partial charge in [-0.15, -0.1) is 0 Å². The maximum atomic E-state index is 11.6. The van der Waals surface area contributed by atoms with Crippen LogP contribution in [0.1, 0.15) is 48.0 Å². The third-order valence-corrected chi connectivity index (χ3v) is 4.00. The predicted molar refractivity (Wildman–Crippen MR) is 119 cm³/mol. The van der Waals surface area contributed by atoms with Gasteiger partial charge in [0.1, 0.15) is 5.75 Å². The number of hydrogen-bond acceptors (Lipinski definition) is 4. The van der Waals surface area contributed by atoms with Crippen molar-refractivity contribution in [2.45, 2.75) is 54.1 Å². The molecule has 0 aliphatic heterocycles. The molecule has 0 saturated carbocycles. The van der Waals surface area contributed by atoms with E-state index in [-0.39, 0.29) is 18.6 Å². The molecular formula is C22H38N4O3. The fraction of sp³-hybridized carbons (Fsp3) is 0.636. The van der Waals surface area contributed by atoms with Crippen LogP contribution in [0.15, 0.2) is 29.3 Å². The van der Waals surface area contributed by atoms with Crippen molar-refractivity contribution in [2.24, 2.45) is 22.1 Å². The molecule has 1 rings (SSSR count). The zero-order valence-electron chi connectivity index (χ0n) is 18.7. The van der Waals surface area contributed by atoms with Gasteiger partial charge in [0.25, 0.3) is 0 Å². The summed E-state index contributed by atoms with van der Waals surface area (Å²) in [6.45, 7) is 14.3. The summed E-state index contributed by atoms with van der Waals surface area (Å²) in [6.07, 6.45) is 0.981. The van der Waals surface area contributed by atoms with Crippen LogP contribution in [0.25, 0.3) is 0 Å². The number of carbonyl (C=O) groups excluding carboxylic acids is 1. The van der Waals surface area contributed by atoms with Gasteiger partial charge in [0.2, 0.25) is 5.91 Å². The van der Waals surface area contributed by atoms with Crippen LogP contribution in [-0.4, -0.2) is 44.3 Å². The first-order valence-electron chi connectivity index (χ1n) is 10.3. The maximum Gasteiger partial charge on any atom is 0.224 e. The van der Waals surface area contributed by atoms with Crippen molar-refractivity contribution in [2.75, 3.05) is 31.6 Å². The molecule has 164 valence electrons. The lowest BCUT2D eigenvalue weighted by Crippen LogP contribution is -2.37. The van der Waals surface area contributed by atoms with Gasteiger partial charge >= 0.3 is 0 Å². The molecule has 0 radical (unpaired) electrons. The number of aliphatic imine (C=N–C) groups is 1. The van der Waals surface area contributed by atoms with Gasteiger partial charge in [-0.3, -0.25) is 9.79 Å². The predicted octanol–water partition coefficient (Wildman–Crippen LogP) is 3.41. The molecule has 0 heterocycles. The first-order chi connectivity index (χ1) is 13.6. The van der Waals surface area contributed by atoms with Gasteiger partial charge in [0, 0.05) is 25.4 Å². The largest absolute Gasteiger partial charge is 0.491 e. The Labute approximate surface area is 175 Å². The van der Waals surface area contributed by atoms with E-state index in [1.165, 1.54) is 0 Å². The normalized spacial score (nSPS) is 12.3. The smallest absolute Gasteiger partial charge is 0.224 e.